The van der Waals surface area contributed by atoms with Gasteiger partial charge < -0.3 is 4.90 Å². The molecule has 0 N–H and O–H groups in total. The van der Waals surface area contributed by atoms with Crippen molar-refractivity contribution >= 4 is 34.8 Å². The lowest BCUT2D eigenvalue weighted by molar-refractivity contribution is -0.384. The van der Waals surface area contributed by atoms with Gasteiger partial charge in [-0.1, -0.05) is 103 Å². The van der Waals surface area contributed by atoms with Crippen molar-refractivity contribution in [3.05, 3.63) is 131 Å². The molecule has 0 aromatic heterocycles. The summed E-state index contributed by atoms with van der Waals surface area (Å²) in [6.45, 7) is 1.11. The number of non-ortho nitro benzene ring substituents is 1. The fourth-order valence-electron chi connectivity index (χ4n) is 5.16. The zero-order chi connectivity index (χ0) is 24.3. The van der Waals surface area contributed by atoms with Crippen LogP contribution >= 0.6 is 7.26 Å². The Morgan fingerprint density at radius 3 is 1.63 bits per heavy atom. The van der Waals surface area contributed by atoms with E-state index in [1.165, 1.54) is 28.0 Å². The average Bonchev–Trinajstić information content (AvgIpc) is 3.27. The van der Waals surface area contributed by atoms with Crippen LogP contribution in [-0.2, 0) is 11.3 Å². The molecule has 0 spiro atoms. The van der Waals surface area contributed by atoms with Gasteiger partial charge in [-0.05, 0) is 35.2 Å². The number of hydrogen-bond acceptors (Lipinski definition) is 3. The quantitative estimate of drug-likeness (QED) is 0.219. The summed E-state index contributed by atoms with van der Waals surface area (Å²) >= 11 is 0. The molecule has 5 rings (SSSR count). The molecule has 0 aliphatic carbocycles. The summed E-state index contributed by atoms with van der Waals surface area (Å²) in [6, 6.07) is 37.9. The molecule has 4 aromatic rings. The summed E-state index contributed by atoms with van der Waals surface area (Å²) < 4.78 is 0. The summed E-state index contributed by atoms with van der Waals surface area (Å²) in [4.78, 5) is 26.6. The van der Waals surface area contributed by atoms with E-state index in [1.807, 2.05) is 23.1 Å². The number of hydrogen-bond donors (Lipinski definition) is 0. The van der Waals surface area contributed by atoms with Crippen LogP contribution in [0.15, 0.2) is 115 Å². The molecule has 1 saturated heterocycles. The van der Waals surface area contributed by atoms with E-state index in [4.69, 9.17) is 0 Å². The molecule has 1 radical (unpaired) electrons. The average molecular weight is 482 g/mol. The Morgan fingerprint density at radius 2 is 1.20 bits per heavy atom. The van der Waals surface area contributed by atoms with Gasteiger partial charge >= 0.3 is 0 Å². The maximum Gasteiger partial charge on any atom is 0.269 e. The van der Waals surface area contributed by atoms with Gasteiger partial charge in [0.2, 0.25) is 5.91 Å². The second-order valence-corrected chi connectivity index (χ2v) is 12.3. The van der Waals surface area contributed by atoms with Crippen molar-refractivity contribution < 1.29 is 9.72 Å². The Morgan fingerprint density at radius 1 is 0.743 bits per heavy atom. The molecule has 1 aliphatic heterocycles. The maximum atomic E-state index is 14.1. The molecule has 4 aromatic carbocycles. The Kier molecular flexibility index (Phi) is 6.43. The van der Waals surface area contributed by atoms with Crippen LogP contribution in [0.3, 0.4) is 0 Å². The number of benzene rings is 4. The first-order valence-corrected chi connectivity index (χ1v) is 13.5. The molecule has 35 heavy (non-hydrogen) atoms. The van der Waals surface area contributed by atoms with E-state index >= 15 is 0 Å². The minimum atomic E-state index is -2.30. The maximum absolute atomic E-state index is 14.1. The van der Waals surface area contributed by atoms with Gasteiger partial charge in [-0.3, -0.25) is 14.9 Å². The molecule has 1 aliphatic rings. The van der Waals surface area contributed by atoms with Crippen LogP contribution in [0.1, 0.15) is 12.0 Å². The molecule has 1 amide bonds. The number of likely N-dealkylation sites (tertiary alicyclic amines) is 1. The fraction of sp³-hybridized carbons (Fsp3) is 0.138. The van der Waals surface area contributed by atoms with Crippen molar-refractivity contribution in [2.24, 2.45) is 0 Å². The summed E-state index contributed by atoms with van der Waals surface area (Å²) in [5.41, 5.74) is 0.780. The van der Waals surface area contributed by atoms with Crippen LogP contribution in [0.5, 0.6) is 0 Å². The first-order valence-electron chi connectivity index (χ1n) is 11.7. The van der Waals surface area contributed by atoms with E-state index in [0.717, 1.165) is 12.0 Å². The van der Waals surface area contributed by atoms with E-state index in [1.54, 1.807) is 12.1 Å². The highest BCUT2D eigenvalue weighted by Gasteiger charge is 2.49. The summed E-state index contributed by atoms with van der Waals surface area (Å²) in [7, 11) is -2.30. The Balaban J connectivity index is 1.58. The molecular weight excluding hydrogens is 455 g/mol. The normalized spacial score (nSPS) is 15.8. The molecule has 1 atom stereocenters. The van der Waals surface area contributed by atoms with Crippen LogP contribution < -0.4 is 15.9 Å². The predicted octanol–water partition coefficient (Wildman–Crippen LogP) is 4.69. The highest BCUT2D eigenvalue weighted by Crippen LogP contribution is 2.62. The van der Waals surface area contributed by atoms with E-state index in [-0.39, 0.29) is 17.3 Å². The summed E-state index contributed by atoms with van der Waals surface area (Å²) in [5.74, 6) is 0.147. The fourth-order valence-corrected chi connectivity index (χ4v) is 10.1. The van der Waals surface area contributed by atoms with Crippen LogP contribution in [0.4, 0.5) is 5.69 Å². The van der Waals surface area contributed by atoms with Gasteiger partial charge in [0.05, 0.1) is 10.6 Å². The zero-order valence-electron chi connectivity index (χ0n) is 19.2. The van der Waals surface area contributed by atoms with Crippen LogP contribution in [0.2, 0.25) is 0 Å². The van der Waals surface area contributed by atoms with Crippen molar-refractivity contribution in [2.45, 2.75) is 18.6 Å². The van der Waals surface area contributed by atoms with Crippen molar-refractivity contribution in [2.75, 3.05) is 6.54 Å². The molecular formula is C29H26N2O3P. The van der Waals surface area contributed by atoms with Crippen LogP contribution in [-0.4, -0.2) is 27.9 Å². The van der Waals surface area contributed by atoms with Crippen LogP contribution in [0.25, 0.3) is 0 Å². The molecule has 1 heterocycles. The standard InChI is InChI=1S/C29H26N2O3P/c32-29-28(20-21-30(29)22-23-16-18-24(19-17-23)31(33)34)35(25-10-4-1-5-11-25,26-12-6-2-7-13-26)27-14-8-3-9-15-27/h1-19,28H,20-22H2. The van der Waals surface area contributed by atoms with Gasteiger partial charge in [0.1, 0.15) is 0 Å². The molecule has 0 saturated carbocycles. The van der Waals surface area contributed by atoms with Gasteiger partial charge in [-0.25, -0.2) is 0 Å². The molecule has 1 unspecified atom stereocenters. The van der Waals surface area contributed by atoms with Crippen molar-refractivity contribution in [3.63, 3.8) is 0 Å². The first kappa shape index (κ1) is 22.9. The minimum absolute atomic E-state index is 0.0570. The van der Waals surface area contributed by atoms with Crippen molar-refractivity contribution in [1.29, 1.82) is 0 Å². The predicted molar refractivity (Wildman–Crippen MR) is 142 cm³/mol. The van der Waals surface area contributed by atoms with E-state index < -0.39 is 12.2 Å². The summed E-state index contributed by atoms with van der Waals surface area (Å²) in [6.07, 6.45) is 0.762. The monoisotopic (exact) mass is 481 g/mol. The van der Waals surface area contributed by atoms with Gasteiger partial charge in [-0.15, -0.1) is 0 Å². The molecule has 1 fully saturated rings. The summed E-state index contributed by atoms with van der Waals surface area (Å²) in [5, 5.41) is 14.6. The SMILES string of the molecule is O=C1C([P](c2ccccc2)(c2ccccc2)c2ccccc2)CCN1Cc1ccc([N+](=O)[O-])cc1. The topological polar surface area (TPSA) is 63.5 Å². The van der Waals surface area contributed by atoms with Crippen LogP contribution in [0, 0.1) is 10.1 Å². The lowest BCUT2D eigenvalue weighted by Gasteiger charge is -2.42. The molecule has 5 nitrogen and oxygen atoms in total. The number of carbonyl (C=O) groups excluding carboxylic acids is 1. The number of nitro groups is 1. The number of carbonyl (C=O) groups is 1. The highest BCUT2D eigenvalue weighted by molar-refractivity contribution is 7.96. The second-order valence-electron chi connectivity index (χ2n) is 8.72. The van der Waals surface area contributed by atoms with Gasteiger partial charge in [-0.2, -0.15) is 0 Å². The second kappa shape index (κ2) is 9.81. The van der Waals surface area contributed by atoms with Gasteiger partial charge in [0.25, 0.3) is 5.69 Å². The largest absolute Gasteiger partial charge is 0.338 e. The molecule has 175 valence electrons. The van der Waals surface area contributed by atoms with E-state index in [2.05, 4.69) is 72.8 Å². The zero-order valence-corrected chi connectivity index (χ0v) is 20.1. The Labute approximate surface area is 205 Å². The number of amides is 1. The number of rotatable bonds is 7. The highest BCUT2D eigenvalue weighted by atomic mass is 31.2. The van der Waals surface area contributed by atoms with Crippen molar-refractivity contribution in [1.82, 2.24) is 4.90 Å². The van der Waals surface area contributed by atoms with Crippen molar-refractivity contribution in [3.8, 4) is 0 Å². The lowest BCUT2D eigenvalue weighted by Crippen LogP contribution is -2.42. The molecule has 0 bridgehead atoms. The number of nitro benzene ring substituents is 1. The Bertz CT molecular complexity index is 1220. The molecule has 6 heteroatoms. The number of nitrogens with zero attached hydrogens (tertiary/aromatic N) is 2. The van der Waals surface area contributed by atoms with E-state index in [0.29, 0.717) is 13.1 Å². The lowest BCUT2D eigenvalue weighted by atomic mass is 10.2. The third-order valence-corrected chi connectivity index (χ3v) is 11.5. The van der Waals surface area contributed by atoms with Gasteiger partial charge in [0.15, 0.2) is 0 Å². The third kappa shape index (κ3) is 4.24. The van der Waals surface area contributed by atoms with E-state index in [9.17, 15) is 14.9 Å². The smallest absolute Gasteiger partial charge is 0.269 e. The Hall–Kier alpha value is -3.82. The van der Waals surface area contributed by atoms with Gasteiger partial charge in [0, 0.05) is 25.2 Å². The minimum Gasteiger partial charge on any atom is -0.338 e. The third-order valence-electron chi connectivity index (χ3n) is 6.75. The first-order chi connectivity index (χ1) is 17.1.